The van der Waals surface area contributed by atoms with Crippen LogP contribution in [0.1, 0.15) is 5.56 Å². The van der Waals surface area contributed by atoms with Crippen LogP contribution in [0, 0.1) is 0 Å². The second kappa shape index (κ2) is 5.02. The summed E-state index contributed by atoms with van der Waals surface area (Å²) in [6.07, 6.45) is 2.77. The Labute approximate surface area is 116 Å². The maximum Gasteiger partial charge on any atom is 0.186 e. The molecule has 1 aliphatic rings. The van der Waals surface area contributed by atoms with Gasteiger partial charge < -0.3 is 0 Å². The zero-order valence-corrected chi connectivity index (χ0v) is 11.1. The molecule has 0 aromatic heterocycles. The van der Waals surface area contributed by atoms with E-state index < -0.39 is 4.87 Å². The summed E-state index contributed by atoms with van der Waals surface area (Å²) in [6, 6.07) is 18.1. The second-order valence-corrected chi connectivity index (χ2v) is 5.59. The monoisotopic (exact) mass is 267 g/mol. The van der Waals surface area contributed by atoms with Gasteiger partial charge in [-0.3, -0.25) is 9.79 Å². The Balaban J connectivity index is 2.18. The van der Waals surface area contributed by atoms with Gasteiger partial charge in [-0.1, -0.05) is 54.6 Å². The largest absolute Gasteiger partial charge is 0.299 e. The van der Waals surface area contributed by atoms with Crippen LogP contribution in [0.3, 0.4) is 0 Å². The van der Waals surface area contributed by atoms with Gasteiger partial charge >= 0.3 is 0 Å². The lowest BCUT2D eigenvalue weighted by Gasteiger charge is -2.22. The first-order valence-corrected chi connectivity index (χ1v) is 7.13. The molecule has 0 N–H and O–H groups in total. The molecule has 2 aromatic rings. The lowest BCUT2D eigenvalue weighted by Crippen LogP contribution is -2.19. The van der Waals surface area contributed by atoms with Crippen molar-refractivity contribution >= 4 is 24.3 Å². The van der Waals surface area contributed by atoms with E-state index in [1.165, 1.54) is 0 Å². The molecule has 0 spiro atoms. The van der Waals surface area contributed by atoms with E-state index in [1.54, 1.807) is 11.8 Å². The first-order chi connectivity index (χ1) is 9.36. The summed E-state index contributed by atoms with van der Waals surface area (Å²) < 4.78 is 0. The van der Waals surface area contributed by atoms with E-state index in [-0.39, 0.29) is 0 Å². The predicted molar refractivity (Wildman–Crippen MR) is 80.6 cm³/mol. The van der Waals surface area contributed by atoms with Crippen molar-refractivity contribution in [1.29, 1.82) is 0 Å². The highest BCUT2D eigenvalue weighted by Gasteiger charge is 2.36. The first-order valence-electron chi connectivity index (χ1n) is 6.15. The molecular weight excluding hydrogens is 254 g/mol. The fourth-order valence-corrected chi connectivity index (χ4v) is 3.27. The molecule has 0 radical (unpaired) electrons. The minimum absolute atomic E-state index is 0.771. The molecule has 1 aliphatic heterocycles. The van der Waals surface area contributed by atoms with Crippen LogP contribution in [0.15, 0.2) is 59.6 Å². The van der Waals surface area contributed by atoms with Crippen LogP contribution < -0.4 is 0 Å². The van der Waals surface area contributed by atoms with Gasteiger partial charge in [0.25, 0.3) is 0 Å². The number of rotatable bonds is 3. The van der Waals surface area contributed by atoms with Gasteiger partial charge in [0.2, 0.25) is 0 Å². The standard InChI is InChI=1S/C16H13NOS/c18-12-16(17-10-11-19-16)15-9-5-4-8-14(15)13-6-2-1-3-7-13/h1-10,12H,11H2. The lowest BCUT2D eigenvalue weighted by atomic mass is 9.95. The highest BCUT2D eigenvalue weighted by Crippen LogP contribution is 2.43. The van der Waals surface area contributed by atoms with Gasteiger partial charge in [0.15, 0.2) is 11.2 Å². The lowest BCUT2D eigenvalue weighted by molar-refractivity contribution is -0.109. The van der Waals surface area contributed by atoms with Gasteiger partial charge in [-0.05, 0) is 11.1 Å². The number of hydrogen-bond donors (Lipinski definition) is 0. The van der Waals surface area contributed by atoms with Crippen LogP contribution in [0.2, 0.25) is 0 Å². The van der Waals surface area contributed by atoms with Crippen LogP contribution in [0.4, 0.5) is 0 Å². The van der Waals surface area contributed by atoms with Crippen molar-refractivity contribution in [1.82, 2.24) is 0 Å². The number of thioether (sulfide) groups is 1. The summed E-state index contributed by atoms with van der Waals surface area (Å²) in [7, 11) is 0. The summed E-state index contributed by atoms with van der Waals surface area (Å²) in [5, 5.41) is 0. The Morgan fingerprint density at radius 3 is 2.47 bits per heavy atom. The fraction of sp³-hybridized carbons (Fsp3) is 0.125. The third kappa shape index (κ3) is 2.10. The molecule has 19 heavy (non-hydrogen) atoms. The van der Waals surface area contributed by atoms with Gasteiger partial charge in [0.1, 0.15) is 0 Å². The molecule has 94 valence electrons. The number of hydrogen-bond acceptors (Lipinski definition) is 3. The summed E-state index contributed by atoms with van der Waals surface area (Å²) in [5.41, 5.74) is 3.15. The van der Waals surface area contributed by atoms with Gasteiger partial charge in [-0.25, -0.2) is 0 Å². The molecular formula is C16H13NOS. The second-order valence-electron chi connectivity index (χ2n) is 4.35. The molecule has 1 heterocycles. The molecule has 1 atom stereocenters. The number of carbonyl (C=O) groups excluding carboxylic acids is 1. The van der Waals surface area contributed by atoms with E-state index >= 15 is 0 Å². The Kier molecular flexibility index (Phi) is 3.22. The molecule has 2 aromatic carbocycles. The highest BCUT2D eigenvalue weighted by molar-refractivity contribution is 8.01. The Hall–Kier alpha value is -1.87. The number of carbonyl (C=O) groups is 1. The molecule has 0 saturated carbocycles. The number of nitrogens with zero attached hydrogens (tertiary/aromatic N) is 1. The van der Waals surface area contributed by atoms with Crippen molar-refractivity contribution in [3.05, 3.63) is 60.2 Å². The van der Waals surface area contributed by atoms with E-state index in [0.29, 0.717) is 0 Å². The van der Waals surface area contributed by atoms with Crippen molar-refractivity contribution in [2.75, 3.05) is 5.75 Å². The van der Waals surface area contributed by atoms with Crippen molar-refractivity contribution in [2.24, 2.45) is 4.99 Å². The smallest absolute Gasteiger partial charge is 0.186 e. The number of aliphatic imine (C=N–C) groups is 1. The minimum Gasteiger partial charge on any atom is -0.299 e. The van der Waals surface area contributed by atoms with Gasteiger partial charge in [-0.15, -0.1) is 11.8 Å². The average Bonchev–Trinajstić information content (AvgIpc) is 2.98. The quantitative estimate of drug-likeness (QED) is 0.796. The van der Waals surface area contributed by atoms with Crippen molar-refractivity contribution < 1.29 is 4.79 Å². The van der Waals surface area contributed by atoms with Crippen LogP contribution in [-0.2, 0) is 9.67 Å². The normalized spacial score (nSPS) is 21.5. The topological polar surface area (TPSA) is 29.4 Å². The highest BCUT2D eigenvalue weighted by atomic mass is 32.2. The maximum atomic E-state index is 11.6. The van der Waals surface area contributed by atoms with Crippen molar-refractivity contribution in [3.8, 4) is 11.1 Å². The van der Waals surface area contributed by atoms with Crippen LogP contribution in [0.25, 0.3) is 11.1 Å². The summed E-state index contributed by atoms with van der Waals surface area (Å²) in [6.45, 7) is 0. The zero-order chi connectivity index (χ0) is 13.1. The van der Waals surface area contributed by atoms with Crippen molar-refractivity contribution in [2.45, 2.75) is 4.87 Å². The van der Waals surface area contributed by atoms with Gasteiger partial charge in [-0.2, -0.15) is 0 Å². The molecule has 0 bridgehead atoms. The molecule has 0 aliphatic carbocycles. The Morgan fingerprint density at radius 2 is 1.79 bits per heavy atom. The SMILES string of the molecule is O=CC1(c2ccccc2-c2ccccc2)N=CCS1. The van der Waals surface area contributed by atoms with Crippen LogP contribution >= 0.6 is 11.8 Å². The number of benzene rings is 2. The van der Waals surface area contributed by atoms with E-state index in [0.717, 1.165) is 28.7 Å². The van der Waals surface area contributed by atoms with E-state index in [9.17, 15) is 4.79 Å². The molecule has 3 heteroatoms. The molecule has 0 fully saturated rings. The summed E-state index contributed by atoms with van der Waals surface area (Å²) in [4.78, 5) is 15.2. The molecule has 0 amide bonds. The van der Waals surface area contributed by atoms with Crippen LogP contribution in [0.5, 0.6) is 0 Å². The van der Waals surface area contributed by atoms with Crippen LogP contribution in [-0.4, -0.2) is 18.3 Å². The Bertz CT molecular complexity index is 624. The summed E-state index contributed by atoms with van der Waals surface area (Å²) in [5.74, 6) is 0.780. The molecule has 1 unspecified atom stereocenters. The minimum atomic E-state index is -0.771. The molecule has 0 saturated heterocycles. The molecule has 2 nitrogen and oxygen atoms in total. The first kappa shape index (κ1) is 12.2. The van der Waals surface area contributed by atoms with E-state index in [4.69, 9.17) is 0 Å². The van der Waals surface area contributed by atoms with Gasteiger partial charge in [0.05, 0.1) is 0 Å². The summed E-state index contributed by atoms with van der Waals surface area (Å²) >= 11 is 1.56. The maximum absolute atomic E-state index is 11.6. The molecule has 3 rings (SSSR count). The van der Waals surface area contributed by atoms with Gasteiger partial charge in [0, 0.05) is 17.5 Å². The Morgan fingerprint density at radius 1 is 1.05 bits per heavy atom. The zero-order valence-electron chi connectivity index (χ0n) is 10.3. The third-order valence-electron chi connectivity index (χ3n) is 3.22. The van der Waals surface area contributed by atoms with Crippen molar-refractivity contribution in [3.63, 3.8) is 0 Å². The number of aldehydes is 1. The third-order valence-corrected chi connectivity index (χ3v) is 4.40. The predicted octanol–water partition coefficient (Wildman–Crippen LogP) is 3.52. The average molecular weight is 267 g/mol. The van der Waals surface area contributed by atoms with E-state index in [2.05, 4.69) is 17.1 Å². The van der Waals surface area contributed by atoms with E-state index in [1.807, 2.05) is 48.7 Å². The fourth-order valence-electron chi connectivity index (χ4n) is 2.31.